The number of hydrogen-bond donors (Lipinski definition) is 1. The average molecular weight is 394 g/mol. The molecule has 2 heterocycles. The summed E-state index contributed by atoms with van der Waals surface area (Å²) < 4.78 is 11.3. The van der Waals surface area contributed by atoms with Crippen LogP contribution in [0.25, 0.3) is 22.1 Å². The van der Waals surface area contributed by atoms with Crippen molar-refractivity contribution in [2.45, 2.75) is 19.4 Å². The van der Waals surface area contributed by atoms with E-state index in [4.69, 9.17) is 9.15 Å². The third-order valence-electron chi connectivity index (χ3n) is 4.11. The van der Waals surface area contributed by atoms with Crippen molar-refractivity contribution in [2.75, 3.05) is 19.1 Å². The molecule has 0 spiro atoms. The zero-order valence-electron chi connectivity index (χ0n) is 13.6. The fourth-order valence-electron chi connectivity index (χ4n) is 2.42. The number of nitrogens with one attached hydrogen (secondary N) is 1. The maximum Gasteiger partial charge on any atom is 0.331 e. The molecule has 0 saturated carbocycles. The Morgan fingerprint density at radius 3 is 2.79 bits per heavy atom. The molecular weight excluding hydrogens is 378 g/mol. The first-order valence-electron chi connectivity index (χ1n) is 7.20. The molecule has 24 heavy (non-hydrogen) atoms. The molecule has 0 aliphatic carbocycles. The zero-order chi connectivity index (χ0) is 17.6. The minimum Gasteiger partial charge on any atom is -0.467 e. The minimum absolute atomic E-state index is 0.149. The molecule has 0 amide bonds. The van der Waals surface area contributed by atoms with Crippen LogP contribution in [0.15, 0.2) is 31.9 Å². The van der Waals surface area contributed by atoms with E-state index in [1.807, 2.05) is 12.1 Å². The Kier molecular flexibility index (Phi) is 3.87. The molecule has 0 aliphatic rings. The quantitative estimate of drug-likeness (QED) is 0.688. The molecule has 0 bridgehead atoms. The van der Waals surface area contributed by atoms with Gasteiger partial charge in [0, 0.05) is 16.9 Å². The van der Waals surface area contributed by atoms with Crippen LogP contribution in [0.2, 0.25) is 0 Å². The third-order valence-corrected chi connectivity index (χ3v) is 4.61. The van der Waals surface area contributed by atoms with Gasteiger partial charge in [-0.15, -0.1) is 0 Å². The van der Waals surface area contributed by atoms with Crippen molar-refractivity contribution >= 4 is 49.9 Å². The number of nitrogens with zero attached hydrogens (tertiary/aromatic N) is 2. The van der Waals surface area contributed by atoms with E-state index in [0.717, 1.165) is 9.86 Å². The first-order valence-corrected chi connectivity index (χ1v) is 7.99. The van der Waals surface area contributed by atoms with Gasteiger partial charge in [-0.3, -0.25) is 9.78 Å². The van der Waals surface area contributed by atoms with Crippen molar-refractivity contribution in [1.29, 1.82) is 0 Å². The summed E-state index contributed by atoms with van der Waals surface area (Å²) in [7, 11) is 2.98. The average Bonchev–Trinajstić information content (AvgIpc) is 2.91. The van der Waals surface area contributed by atoms with Crippen LogP contribution >= 0.6 is 15.9 Å². The van der Waals surface area contributed by atoms with Gasteiger partial charge in [0.2, 0.25) is 11.5 Å². The molecule has 126 valence electrons. The number of benzene rings is 1. The summed E-state index contributed by atoms with van der Waals surface area (Å²) in [6, 6.07) is 5.43. The fourth-order valence-corrected chi connectivity index (χ4v) is 2.79. The van der Waals surface area contributed by atoms with Gasteiger partial charge in [0.15, 0.2) is 0 Å². The van der Waals surface area contributed by atoms with Gasteiger partial charge in [0.1, 0.15) is 16.6 Å². The summed E-state index contributed by atoms with van der Waals surface area (Å²) in [5.74, 6) is -0.182. The van der Waals surface area contributed by atoms with Crippen molar-refractivity contribution < 1.29 is 13.9 Å². The summed E-state index contributed by atoms with van der Waals surface area (Å²) in [6.45, 7) is 3.38. The second kappa shape index (κ2) is 5.62. The van der Waals surface area contributed by atoms with Crippen LogP contribution in [-0.2, 0) is 9.53 Å². The van der Waals surface area contributed by atoms with Crippen LogP contribution in [0.1, 0.15) is 13.8 Å². The fraction of sp³-hybridized carbons (Fsp3) is 0.312. The van der Waals surface area contributed by atoms with Crippen LogP contribution in [0, 0.1) is 0 Å². The molecule has 0 radical (unpaired) electrons. The molecule has 7 nitrogen and oxygen atoms in total. The topological polar surface area (TPSA) is 88.4 Å². The summed E-state index contributed by atoms with van der Waals surface area (Å²) in [5, 5.41) is 0.719. The molecule has 1 aromatic carbocycles. The number of hydrogen-bond acceptors (Lipinski definition) is 6. The lowest BCUT2D eigenvalue weighted by atomic mass is 10.0. The Labute approximate surface area is 145 Å². The molecule has 0 saturated heterocycles. The molecule has 0 atom stereocenters. The summed E-state index contributed by atoms with van der Waals surface area (Å²) >= 11 is 3.40. The van der Waals surface area contributed by atoms with Crippen molar-refractivity contribution in [2.24, 2.45) is 0 Å². The summed E-state index contributed by atoms with van der Waals surface area (Å²) in [4.78, 5) is 33.1. The van der Waals surface area contributed by atoms with E-state index in [-0.39, 0.29) is 11.5 Å². The Hall–Kier alpha value is -2.35. The van der Waals surface area contributed by atoms with E-state index < -0.39 is 17.1 Å². The Balaban J connectivity index is 2.23. The van der Waals surface area contributed by atoms with Crippen molar-refractivity contribution in [3.05, 3.63) is 33.0 Å². The molecule has 0 unspecified atom stereocenters. The lowest BCUT2D eigenvalue weighted by Gasteiger charge is -2.32. The van der Waals surface area contributed by atoms with E-state index in [1.54, 1.807) is 31.9 Å². The number of halogens is 1. The number of methoxy groups -OCH3 is 1. The van der Waals surface area contributed by atoms with Crippen LogP contribution in [0.4, 0.5) is 5.95 Å². The minimum atomic E-state index is -1.00. The number of carbonyl (C=O) groups is 1. The van der Waals surface area contributed by atoms with Gasteiger partial charge in [0.25, 0.3) is 5.56 Å². The van der Waals surface area contributed by atoms with Crippen LogP contribution in [0.5, 0.6) is 0 Å². The smallest absolute Gasteiger partial charge is 0.331 e. The van der Waals surface area contributed by atoms with Crippen LogP contribution in [0.3, 0.4) is 0 Å². The van der Waals surface area contributed by atoms with Gasteiger partial charge in [-0.1, -0.05) is 15.9 Å². The number of ether oxygens (including phenoxy) is 1. The van der Waals surface area contributed by atoms with Gasteiger partial charge >= 0.3 is 5.97 Å². The number of aromatic amines is 1. The molecule has 3 rings (SSSR count). The Morgan fingerprint density at radius 1 is 1.42 bits per heavy atom. The van der Waals surface area contributed by atoms with Crippen LogP contribution < -0.4 is 10.5 Å². The zero-order valence-corrected chi connectivity index (χ0v) is 15.2. The SMILES string of the molecule is COC(=O)C(C)(C)N(C)c1nc2c(oc3ccc(Br)cc32)c(=O)[nH]1. The summed E-state index contributed by atoms with van der Waals surface area (Å²) in [5.41, 5.74) is -0.250. The number of rotatable bonds is 3. The van der Waals surface area contributed by atoms with Gasteiger partial charge < -0.3 is 14.1 Å². The van der Waals surface area contributed by atoms with Crippen molar-refractivity contribution in [3.63, 3.8) is 0 Å². The molecule has 2 aromatic heterocycles. The van der Waals surface area contributed by atoms with E-state index in [9.17, 15) is 9.59 Å². The third kappa shape index (κ3) is 2.47. The highest BCUT2D eigenvalue weighted by Gasteiger charge is 2.35. The number of furan rings is 1. The second-order valence-electron chi connectivity index (χ2n) is 5.92. The predicted octanol–water partition coefficient (Wildman–Crippen LogP) is 2.82. The van der Waals surface area contributed by atoms with Crippen molar-refractivity contribution in [1.82, 2.24) is 9.97 Å². The maximum absolute atomic E-state index is 12.4. The standard InChI is InChI=1S/C16H16BrN3O4/c1-16(2,14(22)23-4)20(3)15-18-11-9-7-8(17)5-6-10(9)24-12(11)13(21)19-15/h5-7H,1-4H3,(H,18,19,21). The largest absolute Gasteiger partial charge is 0.467 e. The lowest BCUT2D eigenvalue weighted by molar-refractivity contribution is -0.145. The molecule has 3 aromatic rings. The number of likely N-dealkylation sites (N-methyl/N-ethyl adjacent to an activating group) is 1. The van der Waals surface area contributed by atoms with Gasteiger partial charge in [-0.2, -0.15) is 0 Å². The number of anilines is 1. The highest BCUT2D eigenvalue weighted by molar-refractivity contribution is 9.10. The van der Waals surface area contributed by atoms with E-state index in [2.05, 4.69) is 25.9 Å². The molecular formula is C16H16BrN3O4. The van der Waals surface area contributed by atoms with E-state index in [0.29, 0.717) is 11.1 Å². The van der Waals surface area contributed by atoms with Gasteiger partial charge in [-0.25, -0.2) is 9.78 Å². The molecule has 0 fully saturated rings. The van der Waals surface area contributed by atoms with Gasteiger partial charge in [-0.05, 0) is 32.0 Å². The molecule has 1 N–H and O–H groups in total. The lowest BCUT2D eigenvalue weighted by Crippen LogP contribution is -2.50. The van der Waals surface area contributed by atoms with E-state index in [1.165, 1.54) is 7.11 Å². The number of fused-ring (bicyclic) bond motifs is 3. The number of esters is 1. The van der Waals surface area contributed by atoms with Gasteiger partial charge in [0.05, 0.1) is 7.11 Å². The first-order chi connectivity index (χ1) is 11.3. The van der Waals surface area contributed by atoms with E-state index >= 15 is 0 Å². The van der Waals surface area contributed by atoms with Crippen molar-refractivity contribution in [3.8, 4) is 0 Å². The maximum atomic E-state index is 12.4. The Morgan fingerprint density at radius 2 is 2.12 bits per heavy atom. The highest BCUT2D eigenvalue weighted by Crippen LogP contribution is 2.29. The number of aromatic nitrogens is 2. The first kappa shape index (κ1) is 16.5. The highest BCUT2D eigenvalue weighted by atomic mass is 79.9. The predicted molar refractivity (Wildman–Crippen MR) is 94.3 cm³/mol. The number of H-pyrrole nitrogens is 1. The normalized spacial score (nSPS) is 11.9. The Bertz CT molecular complexity index is 1010. The monoisotopic (exact) mass is 393 g/mol. The molecule has 8 heteroatoms. The number of carbonyl (C=O) groups excluding carboxylic acids is 1. The summed E-state index contributed by atoms with van der Waals surface area (Å²) in [6.07, 6.45) is 0. The molecule has 0 aliphatic heterocycles. The second-order valence-corrected chi connectivity index (χ2v) is 6.84. The van der Waals surface area contributed by atoms with Crippen LogP contribution in [-0.4, -0.2) is 35.6 Å².